The molecule has 3 heteroatoms. The molecule has 0 amide bonds. The second kappa shape index (κ2) is 6.07. The van der Waals surface area contributed by atoms with Gasteiger partial charge in [-0.2, -0.15) is 0 Å². The van der Waals surface area contributed by atoms with Crippen molar-refractivity contribution in [3.8, 4) is 0 Å². The summed E-state index contributed by atoms with van der Waals surface area (Å²) in [6, 6.07) is 12.6. The molecule has 1 aliphatic carbocycles. The van der Waals surface area contributed by atoms with E-state index in [1.165, 1.54) is 35.1 Å². The minimum absolute atomic E-state index is 0.251. The number of anilines is 1. The zero-order valence-electron chi connectivity index (χ0n) is 14.9. The van der Waals surface area contributed by atoms with Gasteiger partial charge in [-0.1, -0.05) is 42.0 Å². The quantitative estimate of drug-likeness (QED) is 0.626. The number of benzene rings is 2. The first-order valence-corrected chi connectivity index (χ1v) is 8.81. The lowest BCUT2D eigenvalue weighted by atomic mass is 9.76. The lowest BCUT2D eigenvalue weighted by molar-refractivity contribution is 0.0600. The molecule has 3 atom stereocenters. The molecule has 4 rings (SSSR count). The molecule has 0 saturated heterocycles. The summed E-state index contributed by atoms with van der Waals surface area (Å²) in [6.45, 7) is 4.34. The third kappa shape index (κ3) is 2.64. The Morgan fingerprint density at radius 3 is 2.64 bits per heavy atom. The molecule has 128 valence electrons. The Balaban J connectivity index is 1.73. The summed E-state index contributed by atoms with van der Waals surface area (Å²) in [6.07, 6.45) is 5.74. The fraction of sp³-hybridized carbons (Fsp3) is 0.318. The molecule has 0 saturated carbocycles. The second-order valence-corrected chi connectivity index (χ2v) is 7.14. The number of hydrogen-bond donors (Lipinski definition) is 1. The Bertz CT molecular complexity index is 851. The molecular weight excluding hydrogens is 310 g/mol. The van der Waals surface area contributed by atoms with Gasteiger partial charge in [-0.3, -0.25) is 0 Å². The Morgan fingerprint density at radius 1 is 1.16 bits per heavy atom. The number of allylic oxidation sites excluding steroid dienone is 2. The molecular formula is C22H23NO2. The summed E-state index contributed by atoms with van der Waals surface area (Å²) < 4.78 is 4.80. The van der Waals surface area contributed by atoms with Crippen LogP contribution in [-0.2, 0) is 4.74 Å². The largest absolute Gasteiger partial charge is 0.465 e. The van der Waals surface area contributed by atoms with Crippen molar-refractivity contribution in [1.82, 2.24) is 0 Å². The lowest BCUT2D eigenvalue weighted by Gasteiger charge is -2.38. The zero-order valence-corrected chi connectivity index (χ0v) is 14.9. The van der Waals surface area contributed by atoms with Crippen LogP contribution in [0, 0.1) is 19.8 Å². The average Bonchev–Trinajstić information content (AvgIpc) is 3.11. The Morgan fingerprint density at radius 2 is 1.92 bits per heavy atom. The highest BCUT2D eigenvalue weighted by Gasteiger charge is 2.38. The van der Waals surface area contributed by atoms with E-state index in [9.17, 15) is 4.79 Å². The molecule has 25 heavy (non-hydrogen) atoms. The van der Waals surface area contributed by atoms with Crippen LogP contribution in [0.1, 0.15) is 51.0 Å². The Labute approximate surface area is 148 Å². The number of fused-ring (bicyclic) bond motifs is 3. The molecule has 2 aromatic carbocycles. The lowest BCUT2D eigenvalue weighted by Crippen LogP contribution is -2.29. The van der Waals surface area contributed by atoms with Crippen molar-refractivity contribution >= 4 is 11.7 Å². The molecule has 0 aromatic heterocycles. The van der Waals surface area contributed by atoms with Crippen LogP contribution in [0.15, 0.2) is 48.6 Å². The van der Waals surface area contributed by atoms with Crippen molar-refractivity contribution in [2.45, 2.75) is 32.2 Å². The summed E-state index contributed by atoms with van der Waals surface area (Å²) in [5.41, 5.74) is 7.11. The molecule has 1 aliphatic heterocycles. The molecule has 2 aliphatic rings. The van der Waals surface area contributed by atoms with Crippen molar-refractivity contribution < 1.29 is 9.53 Å². The monoisotopic (exact) mass is 333 g/mol. The molecule has 0 unspecified atom stereocenters. The van der Waals surface area contributed by atoms with E-state index in [4.69, 9.17) is 4.74 Å². The van der Waals surface area contributed by atoms with Crippen LogP contribution in [0.5, 0.6) is 0 Å². The number of ether oxygens (including phenoxy) is 1. The first-order valence-electron chi connectivity index (χ1n) is 8.81. The summed E-state index contributed by atoms with van der Waals surface area (Å²) in [4.78, 5) is 11.7. The van der Waals surface area contributed by atoms with E-state index in [-0.39, 0.29) is 12.0 Å². The summed E-state index contributed by atoms with van der Waals surface area (Å²) >= 11 is 0. The molecule has 0 radical (unpaired) electrons. The van der Waals surface area contributed by atoms with Crippen molar-refractivity contribution in [2.75, 3.05) is 12.4 Å². The number of methoxy groups -OCH3 is 1. The maximum Gasteiger partial charge on any atom is 0.337 e. The molecule has 0 bridgehead atoms. The third-order valence-electron chi connectivity index (χ3n) is 5.50. The second-order valence-electron chi connectivity index (χ2n) is 7.14. The van der Waals surface area contributed by atoms with Crippen LogP contribution in [-0.4, -0.2) is 13.1 Å². The van der Waals surface area contributed by atoms with Crippen LogP contribution < -0.4 is 5.32 Å². The third-order valence-corrected chi connectivity index (χ3v) is 5.50. The molecule has 1 heterocycles. The highest BCUT2D eigenvalue weighted by Crippen LogP contribution is 2.50. The zero-order chi connectivity index (χ0) is 17.6. The number of esters is 1. The number of hydrogen-bond acceptors (Lipinski definition) is 3. The van der Waals surface area contributed by atoms with Crippen LogP contribution in [0.25, 0.3) is 0 Å². The van der Waals surface area contributed by atoms with Gasteiger partial charge in [0.1, 0.15) is 0 Å². The van der Waals surface area contributed by atoms with Gasteiger partial charge in [0.05, 0.1) is 18.7 Å². The summed E-state index contributed by atoms with van der Waals surface area (Å²) in [5, 5.41) is 3.79. The topological polar surface area (TPSA) is 38.3 Å². The van der Waals surface area contributed by atoms with Crippen molar-refractivity contribution in [1.29, 1.82) is 0 Å². The number of carbonyl (C=O) groups is 1. The summed E-state index contributed by atoms with van der Waals surface area (Å²) in [7, 11) is 1.41. The van der Waals surface area contributed by atoms with Crippen LogP contribution >= 0.6 is 0 Å². The molecule has 0 fully saturated rings. The van der Waals surface area contributed by atoms with Crippen LogP contribution in [0.4, 0.5) is 5.69 Å². The van der Waals surface area contributed by atoms with Gasteiger partial charge in [-0.15, -0.1) is 0 Å². The standard InChI is InChI=1S/C22H23NO2/c1-13-11-14(2)20-19(12-13)17-5-4-6-18(17)21(23-20)15-7-9-16(10-8-15)22(24)25-3/h4-5,7-12,17-18,21,23H,6H2,1-3H3/t17-,18+,21-/m1/s1. The van der Waals surface area contributed by atoms with E-state index < -0.39 is 0 Å². The molecule has 0 spiro atoms. The number of aryl methyl sites for hydroxylation is 2. The first kappa shape index (κ1) is 15.9. The molecule has 2 aromatic rings. The summed E-state index contributed by atoms with van der Waals surface area (Å²) in [5.74, 6) is 0.679. The molecule has 3 nitrogen and oxygen atoms in total. The van der Waals surface area contributed by atoms with Crippen molar-refractivity contribution in [2.24, 2.45) is 5.92 Å². The van der Waals surface area contributed by atoms with E-state index in [0.717, 1.165) is 6.42 Å². The minimum atomic E-state index is -0.291. The maximum atomic E-state index is 11.7. The number of rotatable bonds is 2. The van der Waals surface area contributed by atoms with Gasteiger partial charge >= 0.3 is 5.97 Å². The van der Waals surface area contributed by atoms with Gasteiger partial charge in [0.2, 0.25) is 0 Å². The number of nitrogens with one attached hydrogen (secondary N) is 1. The van der Waals surface area contributed by atoms with Gasteiger partial charge in [-0.25, -0.2) is 4.79 Å². The predicted octanol–water partition coefficient (Wildman–Crippen LogP) is 4.92. The van der Waals surface area contributed by atoms with E-state index in [1.54, 1.807) is 0 Å². The van der Waals surface area contributed by atoms with E-state index >= 15 is 0 Å². The predicted molar refractivity (Wildman–Crippen MR) is 100 cm³/mol. The van der Waals surface area contributed by atoms with E-state index in [2.05, 4.69) is 43.4 Å². The highest BCUT2D eigenvalue weighted by molar-refractivity contribution is 5.89. The average molecular weight is 333 g/mol. The van der Waals surface area contributed by atoms with Gasteiger partial charge < -0.3 is 10.1 Å². The Hall–Kier alpha value is -2.55. The normalized spacial score (nSPS) is 23.6. The first-order chi connectivity index (χ1) is 12.1. The van der Waals surface area contributed by atoms with Crippen molar-refractivity contribution in [3.05, 3.63) is 76.4 Å². The van der Waals surface area contributed by atoms with E-state index in [0.29, 0.717) is 17.4 Å². The fourth-order valence-corrected chi connectivity index (χ4v) is 4.35. The number of carbonyl (C=O) groups excluding carboxylic acids is 1. The highest BCUT2D eigenvalue weighted by atomic mass is 16.5. The van der Waals surface area contributed by atoms with Crippen LogP contribution in [0.2, 0.25) is 0 Å². The molecule has 1 N–H and O–H groups in total. The SMILES string of the molecule is COC(=O)c1ccc([C@H]2Nc3c(C)cc(C)cc3[C@@H]3C=CC[C@H]23)cc1. The van der Waals surface area contributed by atoms with Gasteiger partial charge in [-0.05, 0) is 55.0 Å². The minimum Gasteiger partial charge on any atom is -0.465 e. The van der Waals surface area contributed by atoms with Crippen LogP contribution in [0.3, 0.4) is 0 Å². The van der Waals surface area contributed by atoms with Gasteiger partial charge in [0.15, 0.2) is 0 Å². The maximum absolute atomic E-state index is 11.7. The van der Waals surface area contributed by atoms with Gasteiger partial charge in [0, 0.05) is 11.6 Å². The van der Waals surface area contributed by atoms with Crippen molar-refractivity contribution in [3.63, 3.8) is 0 Å². The van der Waals surface area contributed by atoms with E-state index in [1.807, 2.05) is 24.3 Å². The fourth-order valence-electron chi connectivity index (χ4n) is 4.35. The smallest absolute Gasteiger partial charge is 0.337 e. The Kier molecular flexibility index (Phi) is 3.87. The van der Waals surface area contributed by atoms with Gasteiger partial charge in [0.25, 0.3) is 0 Å².